The molecule has 0 radical (unpaired) electrons. The van der Waals surface area contributed by atoms with Crippen LogP contribution in [0.5, 0.6) is 11.5 Å². The lowest BCUT2D eigenvalue weighted by Crippen LogP contribution is -2.18. The van der Waals surface area contributed by atoms with E-state index in [-0.39, 0.29) is 6.04 Å². The topological polar surface area (TPSA) is 48.3 Å². The summed E-state index contributed by atoms with van der Waals surface area (Å²) in [5.41, 5.74) is 2.22. The van der Waals surface area contributed by atoms with E-state index in [2.05, 4.69) is 17.3 Å². The SMILES string of the molecule is CC(NCc1ccc2c(c1)OCO2)c1ccn(C)n1. The van der Waals surface area contributed by atoms with Crippen LogP contribution in [0, 0.1) is 0 Å². The maximum Gasteiger partial charge on any atom is 0.231 e. The van der Waals surface area contributed by atoms with E-state index in [9.17, 15) is 0 Å². The minimum atomic E-state index is 0.214. The van der Waals surface area contributed by atoms with Crippen molar-refractivity contribution in [2.45, 2.75) is 19.5 Å². The molecule has 1 aliphatic heterocycles. The molecule has 0 aliphatic carbocycles. The Bertz CT molecular complexity index is 580. The molecule has 2 aromatic rings. The number of rotatable bonds is 4. The van der Waals surface area contributed by atoms with Gasteiger partial charge in [-0.2, -0.15) is 5.10 Å². The summed E-state index contributed by atoms with van der Waals surface area (Å²) in [7, 11) is 1.92. The van der Waals surface area contributed by atoms with Gasteiger partial charge in [0.1, 0.15) is 0 Å². The molecular weight excluding hydrogens is 242 g/mol. The van der Waals surface area contributed by atoms with Crippen LogP contribution in [0.2, 0.25) is 0 Å². The van der Waals surface area contributed by atoms with Gasteiger partial charge < -0.3 is 14.8 Å². The molecule has 100 valence electrons. The van der Waals surface area contributed by atoms with Gasteiger partial charge >= 0.3 is 0 Å². The Labute approximate surface area is 112 Å². The molecule has 0 saturated carbocycles. The van der Waals surface area contributed by atoms with Crippen LogP contribution >= 0.6 is 0 Å². The van der Waals surface area contributed by atoms with Crippen molar-refractivity contribution in [2.75, 3.05) is 6.79 Å². The molecule has 0 bridgehead atoms. The van der Waals surface area contributed by atoms with Gasteiger partial charge in [-0.25, -0.2) is 0 Å². The van der Waals surface area contributed by atoms with Crippen LogP contribution in [-0.2, 0) is 13.6 Å². The second kappa shape index (κ2) is 4.93. The molecule has 0 saturated heterocycles. The third-order valence-corrected chi connectivity index (χ3v) is 3.23. The van der Waals surface area contributed by atoms with E-state index in [0.29, 0.717) is 6.79 Å². The largest absolute Gasteiger partial charge is 0.454 e. The van der Waals surface area contributed by atoms with Gasteiger partial charge in [0.25, 0.3) is 0 Å². The number of aromatic nitrogens is 2. The van der Waals surface area contributed by atoms with Crippen LogP contribution < -0.4 is 14.8 Å². The molecule has 0 fully saturated rings. The van der Waals surface area contributed by atoms with E-state index in [0.717, 1.165) is 23.7 Å². The summed E-state index contributed by atoms with van der Waals surface area (Å²) in [6.45, 7) is 3.19. The zero-order valence-electron chi connectivity index (χ0n) is 11.1. The standard InChI is InChI=1S/C14H17N3O2/c1-10(12-5-6-17(2)16-12)15-8-11-3-4-13-14(7-11)19-9-18-13/h3-7,10,15H,8-9H2,1-2H3. The Morgan fingerprint density at radius 3 is 2.95 bits per heavy atom. The van der Waals surface area contributed by atoms with E-state index in [1.165, 1.54) is 5.56 Å². The highest BCUT2D eigenvalue weighted by Gasteiger charge is 2.14. The molecule has 1 N–H and O–H groups in total. The van der Waals surface area contributed by atoms with Crippen LogP contribution in [0.25, 0.3) is 0 Å². The maximum atomic E-state index is 5.37. The van der Waals surface area contributed by atoms with Gasteiger partial charge in [0.2, 0.25) is 6.79 Å². The summed E-state index contributed by atoms with van der Waals surface area (Å²) in [6, 6.07) is 8.25. The predicted molar refractivity (Wildman–Crippen MR) is 71.0 cm³/mol. The lowest BCUT2D eigenvalue weighted by Gasteiger charge is -2.11. The average molecular weight is 259 g/mol. The van der Waals surface area contributed by atoms with Crippen molar-refractivity contribution < 1.29 is 9.47 Å². The van der Waals surface area contributed by atoms with Crippen molar-refractivity contribution in [3.05, 3.63) is 41.7 Å². The minimum Gasteiger partial charge on any atom is -0.454 e. The first-order valence-electron chi connectivity index (χ1n) is 6.34. The normalized spacial score (nSPS) is 14.6. The maximum absolute atomic E-state index is 5.37. The monoisotopic (exact) mass is 259 g/mol. The third-order valence-electron chi connectivity index (χ3n) is 3.23. The van der Waals surface area contributed by atoms with Crippen molar-refractivity contribution in [1.82, 2.24) is 15.1 Å². The summed E-state index contributed by atoms with van der Waals surface area (Å²) in [5, 5.41) is 7.84. The quantitative estimate of drug-likeness (QED) is 0.912. The zero-order chi connectivity index (χ0) is 13.2. The molecule has 0 spiro atoms. The fourth-order valence-electron chi connectivity index (χ4n) is 2.09. The highest BCUT2D eigenvalue weighted by Crippen LogP contribution is 2.32. The van der Waals surface area contributed by atoms with Crippen molar-refractivity contribution in [2.24, 2.45) is 7.05 Å². The number of ether oxygens (including phenoxy) is 2. The number of nitrogens with zero attached hydrogens (tertiary/aromatic N) is 2. The van der Waals surface area contributed by atoms with E-state index in [1.54, 1.807) is 0 Å². The lowest BCUT2D eigenvalue weighted by atomic mass is 10.1. The molecular formula is C14H17N3O2. The Kier molecular flexibility index (Phi) is 3.13. The van der Waals surface area contributed by atoms with Crippen LogP contribution in [-0.4, -0.2) is 16.6 Å². The Hall–Kier alpha value is -2.01. The second-order valence-electron chi connectivity index (χ2n) is 4.70. The molecule has 1 atom stereocenters. The van der Waals surface area contributed by atoms with Crippen molar-refractivity contribution in [1.29, 1.82) is 0 Å². The summed E-state index contributed by atoms with van der Waals surface area (Å²) < 4.78 is 12.5. The molecule has 19 heavy (non-hydrogen) atoms. The first-order valence-corrected chi connectivity index (χ1v) is 6.34. The van der Waals surface area contributed by atoms with Crippen LogP contribution in [0.15, 0.2) is 30.5 Å². The van der Waals surface area contributed by atoms with E-state index < -0.39 is 0 Å². The first-order chi connectivity index (χ1) is 9.22. The molecule has 1 aliphatic rings. The summed E-state index contributed by atoms with van der Waals surface area (Å²) in [4.78, 5) is 0. The highest BCUT2D eigenvalue weighted by atomic mass is 16.7. The molecule has 1 aromatic heterocycles. The second-order valence-corrected chi connectivity index (χ2v) is 4.70. The molecule has 2 heterocycles. The molecule has 1 unspecified atom stereocenters. The Morgan fingerprint density at radius 1 is 1.32 bits per heavy atom. The van der Waals surface area contributed by atoms with Gasteiger partial charge in [0, 0.05) is 25.8 Å². The zero-order valence-corrected chi connectivity index (χ0v) is 11.1. The highest BCUT2D eigenvalue weighted by molar-refractivity contribution is 5.44. The van der Waals surface area contributed by atoms with Crippen LogP contribution in [0.4, 0.5) is 0 Å². The van der Waals surface area contributed by atoms with Crippen LogP contribution in [0.1, 0.15) is 24.2 Å². The first kappa shape index (κ1) is 12.0. The third kappa shape index (κ3) is 2.56. The predicted octanol–water partition coefficient (Wildman–Crippen LogP) is 2.00. The molecule has 3 rings (SSSR count). The summed E-state index contributed by atoms with van der Waals surface area (Å²) >= 11 is 0. The molecule has 5 heteroatoms. The number of aryl methyl sites for hydroxylation is 1. The van der Waals surface area contributed by atoms with Gasteiger partial charge in [0.15, 0.2) is 11.5 Å². The van der Waals surface area contributed by atoms with Gasteiger partial charge in [-0.1, -0.05) is 6.07 Å². The fraction of sp³-hybridized carbons (Fsp3) is 0.357. The fourth-order valence-corrected chi connectivity index (χ4v) is 2.09. The number of hydrogen-bond acceptors (Lipinski definition) is 4. The lowest BCUT2D eigenvalue weighted by molar-refractivity contribution is 0.174. The Balaban J connectivity index is 1.63. The van der Waals surface area contributed by atoms with Gasteiger partial charge in [-0.3, -0.25) is 4.68 Å². The number of hydrogen-bond donors (Lipinski definition) is 1. The average Bonchev–Trinajstić information content (AvgIpc) is 3.03. The number of benzene rings is 1. The van der Waals surface area contributed by atoms with E-state index in [4.69, 9.17) is 9.47 Å². The van der Waals surface area contributed by atoms with E-state index in [1.807, 2.05) is 42.2 Å². The molecule has 5 nitrogen and oxygen atoms in total. The van der Waals surface area contributed by atoms with Crippen LogP contribution in [0.3, 0.4) is 0 Å². The minimum absolute atomic E-state index is 0.214. The number of nitrogens with one attached hydrogen (secondary N) is 1. The Morgan fingerprint density at radius 2 is 2.16 bits per heavy atom. The van der Waals surface area contributed by atoms with Gasteiger partial charge in [-0.05, 0) is 30.7 Å². The van der Waals surface area contributed by atoms with Crippen molar-refractivity contribution in [3.8, 4) is 11.5 Å². The number of fused-ring (bicyclic) bond motifs is 1. The van der Waals surface area contributed by atoms with Crippen molar-refractivity contribution in [3.63, 3.8) is 0 Å². The molecule has 0 amide bonds. The summed E-state index contributed by atoms with van der Waals surface area (Å²) in [6.07, 6.45) is 1.95. The smallest absolute Gasteiger partial charge is 0.231 e. The van der Waals surface area contributed by atoms with E-state index >= 15 is 0 Å². The van der Waals surface area contributed by atoms with Gasteiger partial charge in [0.05, 0.1) is 5.69 Å². The van der Waals surface area contributed by atoms with Crippen molar-refractivity contribution >= 4 is 0 Å². The van der Waals surface area contributed by atoms with Gasteiger partial charge in [-0.15, -0.1) is 0 Å². The molecule has 1 aromatic carbocycles. The summed E-state index contributed by atoms with van der Waals surface area (Å²) in [5.74, 6) is 1.64.